The van der Waals surface area contributed by atoms with Gasteiger partial charge in [-0.3, -0.25) is 9.69 Å². The molecule has 150 valence electrons. The number of nitrogens with zero attached hydrogens (tertiary/aromatic N) is 3. The molecule has 3 amide bonds. The number of hydrogen-bond acceptors (Lipinski definition) is 6. The average molecular weight is 402 g/mol. The van der Waals surface area contributed by atoms with E-state index in [2.05, 4.69) is 10.3 Å². The lowest BCUT2D eigenvalue weighted by molar-refractivity contribution is -0.131. The first-order chi connectivity index (χ1) is 14.4. The number of rotatable bonds is 5. The minimum atomic E-state index is -1.21. The van der Waals surface area contributed by atoms with Crippen molar-refractivity contribution in [1.29, 1.82) is 5.26 Å². The summed E-state index contributed by atoms with van der Waals surface area (Å²) in [5.41, 5.74) is 1.06. The average Bonchev–Trinajstić information content (AvgIpc) is 3.33. The summed E-state index contributed by atoms with van der Waals surface area (Å²) in [5, 5.41) is 11.7. The van der Waals surface area contributed by atoms with Crippen molar-refractivity contribution in [3.8, 4) is 23.3 Å². The molecule has 0 unspecified atom stereocenters. The minimum absolute atomic E-state index is 0.0177. The first-order valence-corrected chi connectivity index (χ1v) is 9.18. The number of hydrogen-bond donors (Lipinski definition) is 1. The number of aromatic nitrogens is 1. The number of carbonyl (C=O) groups excluding carboxylic acids is 2. The van der Waals surface area contributed by atoms with Crippen LogP contribution in [0.5, 0.6) is 5.75 Å². The molecule has 8 heteroatoms. The number of amides is 3. The highest BCUT2D eigenvalue weighted by atomic mass is 16.5. The molecule has 1 fully saturated rings. The van der Waals surface area contributed by atoms with Crippen molar-refractivity contribution >= 4 is 11.9 Å². The second-order valence-electron chi connectivity index (χ2n) is 7.01. The third-order valence-corrected chi connectivity index (χ3v) is 5.08. The Morgan fingerprint density at radius 1 is 1.17 bits per heavy atom. The summed E-state index contributed by atoms with van der Waals surface area (Å²) in [7, 11) is 1.59. The van der Waals surface area contributed by atoms with Gasteiger partial charge in [0, 0.05) is 5.56 Å². The topological polar surface area (TPSA) is 108 Å². The monoisotopic (exact) mass is 402 g/mol. The highest BCUT2D eigenvalue weighted by Gasteiger charge is 2.49. The van der Waals surface area contributed by atoms with Gasteiger partial charge in [-0.1, -0.05) is 12.1 Å². The number of benzene rings is 2. The van der Waals surface area contributed by atoms with E-state index in [-0.39, 0.29) is 6.54 Å². The van der Waals surface area contributed by atoms with Gasteiger partial charge in [0.2, 0.25) is 5.89 Å². The SMILES string of the molecule is COc1ccc(-c2nc(CN3C(=O)N[C@@](C)(c4ccc(C#N)cc4)C3=O)co2)cc1. The summed E-state index contributed by atoms with van der Waals surface area (Å²) in [6.07, 6.45) is 1.43. The van der Waals surface area contributed by atoms with Gasteiger partial charge in [-0.25, -0.2) is 9.78 Å². The Balaban J connectivity index is 1.53. The highest BCUT2D eigenvalue weighted by molar-refractivity contribution is 6.07. The van der Waals surface area contributed by atoms with Crippen molar-refractivity contribution in [2.24, 2.45) is 0 Å². The first-order valence-electron chi connectivity index (χ1n) is 9.18. The molecule has 0 saturated carbocycles. The van der Waals surface area contributed by atoms with Crippen LogP contribution in [0.2, 0.25) is 0 Å². The van der Waals surface area contributed by atoms with Crippen molar-refractivity contribution in [3.05, 3.63) is 71.6 Å². The first kappa shape index (κ1) is 19.2. The van der Waals surface area contributed by atoms with Crippen LogP contribution in [0.15, 0.2) is 59.2 Å². The van der Waals surface area contributed by atoms with E-state index in [1.54, 1.807) is 50.4 Å². The van der Waals surface area contributed by atoms with Gasteiger partial charge in [0.25, 0.3) is 5.91 Å². The van der Waals surface area contributed by atoms with Gasteiger partial charge in [0.1, 0.15) is 17.6 Å². The molecule has 1 saturated heterocycles. The summed E-state index contributed by atoms with van der Waals surface area (Å²) < 4.78 is 10.7. The molecular weight excluding hydrogens is 384 g/mol. The number of oxazole rings is 1. The number of ether oxygens (including phenoxy) is 1. The molecule has 4 rings (SSSR count). The van der Waals surface area contributed by atoms with E-state index >= 15 is 0 Å². The summed E-state index contributed by atoms with van der Waals surface area (Å²) in [6.45, 7) is 1.62. The number of nitrogens with one attached hydrogen (secondary N) is 1. The van der Waals surface area contributed by atoms with Gasteiger partial charge in [-0.05, 0) is 48.9 Å². The van der Waals surface area contributed by atoms with Gasteiger partial charge in [-0.15, -0.1) is 0 Å². The second kappa shape index (κ2) is 7.37. The van der Waals surface area contributed by atoms with Gasteiger partial charge >= 0.3 is 6.03 Å². The van der Waals surface area contributed by atoms with Crippen LogP contribution in [0.3, 0.4) is 0 Å². The van der Waals surface area contributed by atoms with Gasteiger partial charge in [0.05, 0.1) is 31.0 Å². The van der Waals surface area contributed by atoms with Crippen LogP contribution in [0, 0.1) is 11.3 Å². The molecule has 1 aliphatic rings. The predicted molar refractivity (Wildman–Crippen MR) is 106 cm³/mol. The van der Waals surface area contributed by atoms with E-state index < -0.39 is 17.5 Å². The lowest BCUT2D eigenvalue weighted by Gasteiger charge is -2.22. The third kappa shape index (κ3) is 3.26. The molecule has 2 heterocycles. The summed E-state index contributed by atoms with van der Waals surface area (Å²) in [6, 6.07) is 15.3. The van der Waals surface area contributed by atoms with Crippen molar-refractivity contribution in [2.75, 3.05) is 7.11 Å². The van der Waals surface area contributed by atoms with Crippen LogP contribution in [-0.4, -0.2) is 28.9 Å². The predicted octanol–water partition coefficient (Wildman–Crippen LogP) is 3.19. The summed E-state index contributed by atoms with van der Waals surface area (Å²) in [4.78, 5) is 31.1. The van der Waals surface area contributed by atoms with Crippen molar-refractivity contribution in [1.82, 2.24) is 15.2 Å². The highest BCUT2D eigenvalue weighted by Crippen LogP contribution is 2.30. The van der Waals surface area contributed by atoms with Crippen LogP contribution in [0.1, 0.15) is 23.7 Å². The molecule has 3 aromatic rings. The summed E-state index contributed by atoms with van der Waals surface area (Å²) in [5.74, 6) is 0.702. The van der Waals surface area contributed by atoms with E-state index in [9.17, 15) is 9.59 Å². The second-order valence-corrected chi connectivity index (χ2v) is 7.01. The Labute approximate surface area is 172 Å². The normalized spacial score (nSPS) is 18.2. The Kier molecular flexibility index (Phi) is 4.72. The van der Waals surface area contributed by atoms with Gasteiger partial charge < -0.3 is 14.5 Å². The molecular formula is C22H18N4O4. The fourth-order valence-electron chi connectivity index (χ4n) is 3.32. The molecule has 0 bridgehead atoms. The maximum atomic E-state index is 13.0. The molecule has 1 aromatic heterocycles. The summed E-state index contributed by atoms with van der Waals surface area (Å²) >= 11 is 0. The molecule has 30 heavy (non-hydrogen) atoms. The van der Waals surface area contributed by atoms with Crippen LogP contribution < -0.4 is 10.1 Å². The molecule has 2 aromatic carbocycles. The van der Waals surface area contributed by atoms with Crippen LogP contribution in [-0.2, 0) is 16.9 Å². The van der Waals surface area contributed by atoms with Crippen molar-refractivity contribution in [2.45, 2.75) is 19.0 Å². The maximum Gasteiger partial charge on any atom is 0.325 e. The van der Waals surface area contributed by atoms with E-state index in [0.717, 1.165) is 10.5 Å². The van der Waals surface area contributed by atoms with Crippen molar-refractivity contribution < 1.29 is 18.7 Å². The lowest BCUT2D eigenvalue weighted by atomic mass is 9.91. The number of urea groups is 1. The number of imide groups is 1. The molecule has 0 spiro atoms. The Hall–Kier alpha value is -4.12. The largest absolute Gasteiger partial charge is 0.497 e. The number of nitriles is 1. The molecule has 1 atom stereocenters. The van der Waals surface area contributed by atoms with E-state index in [1.807, 2.05) is 18.2 Å². The molecule has 0 radical (unpaired) electrons. The van der Waals surface area contributed by atoms with Gasteiger partial charge in [0.15, 0.2) is 0 Å². The fraction of sp³-hybridized carbons (Fsp3) is 0.182. The molecule has 0 aliphatic carbocycles. The number of carbonyl (C=O) groups is 2. The van der Waals surface area contributed by atoms with Crippen LogP contribution >= 0.6 is 0 Å². The number of methoxy groups -OCH3 is 1. The fourth-order valence-corrected chi connectivity index (χ4v) is 3.32. The van der Waals surface area contributed by atoms with Crippen LogP contribution in [0.4, 0.5) is 4.79 Å². The van der Waals surface area contributed by atoms with E-state index in [1.165, 1.54) is 6.26 Å². The van der Waals surface area contributed by atoms with E-state index in [0.29, 0.717) is 28.5 Å². The van der Waals surface area contributed by atoms with Gasteiger partial charge in [-0.2, -0.15) is 5.26 Å². The lowest BCUT2D eigenvalue weighted by Crippen LogP contribution is -2.40. The quantitative estimate of drug-likeness (QED) is 0.657. The Bertz CT molecular complexity index is 1150. The van der Waals surface area contributed by atoms with Crippen molar-refractivity contribution in [3.63, 3.8) is 0 Å². The molecule has 1 N–H and O–H groups in total. The standard InChI is InChI=1S/C22H18N4O4/c1-22(16-7-3-14(11-23)4-8-16)20(27)26(21(28)25-22)12-17-13-30-19(24-17)15-5-9-18(29-2)10-6-15/h3-10,13H,12H2,1-2H3,(H,25,28)/t22-/m0/s1. The maximum absolute atomic E-state index is 13.0. The smallest absolute Gasteiger partial charge is 0.325 e. The zero-order chi connectivity index (χ0) is 21.3. The Morgan fingerprint density at radius 3 is 2.50 bits per heavy atom. The van der Waals surface area contributed by atoms with E-state index in [4.69, 9.17) is 14.4 Å². The zero-order valence-electron chi connectivity index (χ0n) is 16.4. The minimum Gasteiger partial charge on any atom is -0.497 e. The van der Waals surface area contributed by atoms with Crippen LogP contribution in [0.25, 0.3) is 11.5 Å². The molecule has 8 nitrogen and oxygen atoms in total. The molecule has 1 aliphatic heterocycles. The Morgan fingerprint density at radius 2 is 1.87 bits per heavy atom. The third-order valence-electron chi connectivity index (χ3n) is 5.08. The zero-order valence-corrected chi connectivity index (χ0v) is 16.4.